The molecule has 2 N–H and O–H groups in total. The fraction of sp³-hybridized carbons (Fsp3) is 1.00. The molecule has 1 saturated heterocycles. The normalized spacial score (nSPS) is 49.2. The lowest BCUT2D eigenvalue weighted by Crippen LogP contribution is -2.56. The third-order valence-corrected chi connectivity index (χ3v) is 2.34. The smallest absolute Gasteiger partial charge is 0.114 e. The fourth-order valence-electron chi connectivity index (χ4n) is 1.51. The molecule has 0 bridgehead atoms. The second-order valence-electron chi connectivity index (χ2n) is 3.23. The van der Waals surface area contributed by atoms with E-state index >= 15 is 0 Å². The minimum atomic E-state index is -0.749. The van der Waals surface area contributed by atoms with Crippen molar-refractivity contribution in [3.63, 3.8) is 0 Å². The Balaban J connectivity index is 2.67. The first kappa shape index (κ1) is 9.92. The van der Waals surface area contributed by atoms with Crippen LogP contribution in [0.2, 0.25) is 0 Å². The van der Waals surface area contributed by atoms with E-state index in [9.17, 15) is 10.2 Å². The molecule has 72 valence electrons. The minimum Gasteiger partial charge on any atom is -0.388 e. The lowest BCUT2D eigenvalue weighted by Gasteiger charge is -2.39. The van der Waals surface area contributed by atoms with Gasteiger partial charge in [0.25, 0.3) is 0 Å². The van der Waals surface area contributed by atoms with Crippen molar-refractivity contribution in [2.24, 2.45) is 0 Å². The van der Waals surface area contributed by atoms with Gasteiger partial charge >= 0.3 is 0 Å². The quantitative estimate of drug-likeness (QED) is 0.567. The van der Waals surface area contributed by atoms with E-state index in [4.69, 9.17) is 9.47 Å². The van der Waals surface area contributed by atoms with Gasteiger partial charge in [-0.15, -0.1) is 0 Å². The Morgan fingerprint density at radius 3 is 1.83 bits per heavy atom. The van der Waals surface area contributed by atoms with Crippen LogP contribution in [0.5, 0.6) is 0 Å². The third-order valence-electron chi connectivity index (χ3n) is 2.34. The van der Waals surface area contributed by atoms with E-state index < -0.39 is 18.3 Å². The SMILES string of the molecule is CO[C@H]1[C@@H](O)[C@@H](C)OC(C)[C@@H]1O. The Bertz CT molecular complexity index is 136. The van der Waals surface area contributed by atoms with Crippen LogP contribution in [0, 0.1) is 0 Å². The van der Waals surface area contributed by atoms with E-state index in [0.29, 0.717) is 0 Å². The van der Waals surface area contributed by atoms with E-state index in [1.807, 2.05) is 0 Å². The molecule has 5 atom stereocenters. The number of aliphatic hydroxyl groups excluding tert-OH is 2. The minimum absolute atomic E-state index is 0.284. The fourth-order valence-corrected chi connectivity index (χ4v) is 1.51. The van der Waals surface area contributed by atoms with Crippen molar-refractivity contribution in [3.05, 3.63) is 0 Å². The van der Waals surface area contributed by atoms with Crippen molar-refractivity contribution >= 4 is 0 Å². The summed E-state index contributed by atoms with van der Waals surface area (Å²) in [4.78, 5) is 0. The molecule has 4 heteroatoms. The van der Waals surface area contributed by atoms with E-state index in [1.54, 1.807) is 13.8 Å². The van der Waals surface area contributed by atoms with Crippen LogP contribution in [0.3, 0.4) is 0 Å². The number of aliphatic hydroxyl groups is 2. The van der Waals surface area contributed by atoms with Crippen LogP contribution < -0.4 is 0 Å². The zero-order valence-corrected chi connectivity index (χ0v) is 7.60. The van der Waals surface area contributed by atoms with Gasteiger partial charge in [-0.2, -0.15) is 0 Å². The van der Waals surface area contributed by atoms with Crippen molar-refractivity contribution in [2.45, 2.75) is 44.4 Å². The molecule has 1 heterocycles. The third kappa shape index (κ3) is 1.61. The first-order chi connectivity index (χ1) is 5.57. The number of hydrogen-bond donors (Lipinski definition) is 2. The summed E-state index contributed by atoms with van der Waals surface area (Å²) in [7, 11) is 1.47. The van der Waals surface area contributed by atoms with E-state index in [0.717, 1.165) is 0 Å². The zero-order valence-electron chi connectivity index (χ0n) is 7.60. The van der Waals surface area contributed by atoms with Crippen LogP contribution in [0.25, 0.3) is 0 Å². The van der Waals surface area contributed by atoms with Gasteiger partial charge in [-0.1, -0.05) is 0 Å². The molecule has 1 fully saturated rings. The van der Waals surface area contributed by atoms with Crippen molar-refractivity contribution in [1.82, 2.24) is 0 Å². The second kappa shape index (κ2) is 3.70. The molecular formula is C8H16O4. The van der Waals surface area contributed by atoms with Crippen molar-refractivity contribution in [3.8, 4) is 0 Å². The first-order valence-corrected chi connectivity index (χ1v) is 4.12. The maximum atomic E-state index is 9.52. The molecule has 12 heavy (non-hydrogen) atoms. The summed E-state index contributed by atoms with van der Waals surface area (Å²) in [6.07, 6.45) is -2.60. The van der Waals surface area contributed by atoms with Crippen molar-refractivity contribution < 1.29 is 19.7 Å². The standard InChI is InChI=1S/C8H16O4/c1-4-6(9)8(11-3)7(10)5(2)12-4/h4-10H,1-3H3/t4-,5?,6+,7+,8+/m1/s1. The summed E-state index contributed by atoms with van der Waals surface area (Å²) < 4.78 is 10.2. The molecule has 0 amide bonds. The highest BCUT2D eigenvalue weighted by atomic mass is 16.6. The van der Waals surface area contributed by atoms with Gasteiger partial charge in [0.2, 0.25) is 0 Å². The van der Waals surface area contributed by atoms with Gasteiger partial charge in [-0.25, -0.2) is 0 Å². The molecule has 4 nitrogen and oxygen atoms in total. The van der Waals surface area contributed by atoms with Crippen LogP contribution in [-0.4, -0.2) is 47.8 Å². The number of hydrogen-bond acceptors (Lipinski definition) is 4. The van der Waals surface area contributed by atoms with Crippen LogP contribution in [0.4, 0.5) is 0 Å². The average molecular weight is 176 g/mol. The lowest BCUT2D eigenvalue weighted by atomic mass is 9.96. The Kier molecular flexibility index (Phi) is 3.06. The van der Waals surface area contributed by atoms with Gasteiger partial charge in [-0.3, -0.25) is 0 Å². The van der Waals surface area contributed by atoms with Crippen molar-refractivity contribution in [1.29, 1.82) is 0 Å². The molecule has 0 spiro atoms. The molecule has 0 aliphatic carbocycles. The largest absolute Gasteiger partial charge is 0.388 e. The molecular weight excluding hydrogens is 160 g/mol. The highest BCUT2D eigenvalue weighted by Crippen LogP contribution is 2.22. The maximum Gasteiger partial charge on any atom is 0.114 e. The van der Waals surface area contributed by atoms with E-state index in [-0.39, 0.29) is 12.2 Å². The maximum absolute atomic E-state index is 9.52. The molecule has 1 aliphatic rings. The second-order valence-corrected chi connectivity index (χ2v) is 3.23. The average Bonchev–Trinajstić information content (AvgIpc) is 2.02. The van der Waals surface area contributed by atoms with Crippen LogP contribution in [0.1, 0.15) is 13.8 Å². The number of methoxy groups -OCH3 is 1. The Morgan fingerprint density at radius 1 is 1.08 bits per heavy atom. The molecule has 1 aliphatic heterocycles. The number of ether oxygens (including phenoxy) is 2. The Hall–Kier alpha value is -0.160. The topological polar surface area (TPSA) is 58.9 Å². The molecule has 0 saturated carbocycles. The summed E-state index contributed by atoms with van der Waals surface area (Å²) in [5, 5.41) is 19.0. The van der Waals surface area contributed by atoms with Crippen LogP contribution >= 0.6 is 0 Å². The van der Waals surface area contributed by atoms with Crippen LogP contribution in [0.15, 0.2) is 0 Å². The summed E-state index contributed by atoms with van der Waals surface area (Å²) in [5.41, 5.74) is 0. The van der Waals surface area contributed by atoms with Gasteiger partial charge < -0.3 is 19.7 Å². The molecule has 0 aromatic carbocycles. The molecule has 0 aromatic heterocycles. The lowest BCUT2D eigenvalue weighted by molar-refractivity contribution is -0.219. The first-order valence-electron chi connectivity index (χ1n) is 4.12. The van der Waals surface area contributed by atoms with Crippen LogP contribution in [-0.2, 0) is 9.47 Å². The van der Waals surface area contributed by atoms with Crippen molar-refractivity contribution in [2.75, 3.05) is 7.11 Å². The summed E-state index contributed by atoms with van der Waals surface area (Å²) in [6.45, 7) is 3.53. The molecule has 1 unspecified atom stereocenters. The Labute approximate surface area is 72.1 Å². The van der Waals surface area contributed by atoms with Gasteiger partial charge in [0.1, 0.15) is 18.3 Å². The zero-order chi connectivity index (χ0) is 9.30. The van der Waals surface area contributed by atoms with Gasteiger partial charge in [0, 0.05) is 7.11 Å². The monoisotopic (exact) mass is 176 g/mol. The predicted molar refractivity (Wildman–Crippen MR) is 42.8 cm³/mol. The Morgan fingerprint density at radius 2 is 1.50 bits per heavy atom. The summed E-state index contributed by atoms with van der Waals surface area (Å²) >= 11 is 0. The van der Waals surface area contributed by atoms with Gasteiger partial charge in [0.05, 0.1) is 12.2 Å². The highest BCUT2D eigenvalue weighted by Gasteiger charge is 2.40. The highest BCUT2D eigenvalue weighted by molar-refractivity contribution is 4.89. The van der Waals surface area contributed by atoms with E-state index in [2.05, 4.69) is 0 Å². The van der Waals surface area contributed by atoms with Gasteiger partial charge in [0.15, 0.2) is 0 Å². The summed E-state index contributed by atoms with van der Waals surface area (Å²) in [5.74, 6) is 0. The molecule has 1 rings (SSSR count). The van der Waals surface area contributed by atoms with E-state index in [1.165, 1.54) is 7.11 Å². The number of rotatable bonds is 1. The molecule has 0 aromatic rings. The summed E-state index contributed by atoms with van der Waals surface area (Å²) in [6, 6.07) is 0. The predicted octanol–water partition coefficient (Wildman–Crippen LogP) is -0.470. The van der Waals surface area contributed by atoms with Gasteiger partial charge in [-0.05, 0) is 13.8 Å². The molecule has 0 radical (unpaired) electrons.